The van der Waals surface area contributed by atoms with Crippen molar-refractivity contribution in [2.75, 3.05) is 4.90 Å². The van der Waals surface area contributed by atoms with Crippen molar-refractivity contribution in [3.8, 4) is 46.4 Å². The summed E-state index contributed by atoms with van der Waals surface area (Å²) in [4.78, 5) is 15.2. The first-order valence-corrected chi connectivity index (χ1v) is 23.9. The number of hydrogen-bond acceptors (Lipinski definition) is 7. The molecule has 0 radical (unpaired) electrons. The molecule has 70 heavy (non-hydrogen) atoms. The third-order valence-electron chi connectivity index (χ3n) is 14.5. The van der Waals surface area contributed by atoms with Gasteiger partial charge in [0.25, 0.3) is 0 Å². The van der Waals surface area contributed by atoms with Gasteiger partial charge in [0, 0.05) is 54.3 Å². The summed E-state index contributed by atoms with van der Waals surface area (Å²) < 4.78 is 11.2. The maximum atomic E-state index is 9.98. The molecule has 0 saturated heterocycles. The van der Waals surface area contributed by atoms with E-state index in [1.807, 2.05) is 73.1 Å². The second-order valence-corrected chi connectivity index (χ2v) is 19.0. The van der Waals surface area contributed by atoms with Crippen molar-refractivity contribution in [3.63, 3.8) is 0 Å². The fourth-order valence-corrected chi connectivity index (χ4v) is 13.0. The number of anilines is 3. The summed E-state index contributed by atoms with van der Waals surface area (Å²) in [7, 11) is 0. The summed E-state index contributed by atoms with van der Waals surface area (Å²) in [6.07, 6.45) is 3.89. The van der Waals surface area contributed by atoms with E-state index in [2.05, 4.69) is 154 Å². The lowest BCUT2D eigenvalue weighted by Crippen LogP contribution is -2.34. The summed E-state index contributed by atoms with van der Waals surface area (Å²) in [6, 6.07) is 70.2. The first kappa shape index (κ1) is 38.7. The third-order valence-corrected chi connectivity index (χ3v) is 15.6. The van der Waals surface area contributed by atoms with E-state index in [0.29, 0.717) is 11.1 Å². The molecule has 8 aromatic carbocycles. The number of para-hydroxylation sites is 6. The van der Waals surface area contributed by atoms with Gasteiger partial charge in [-0.05, 0) is 120 Å². The Balaban J connectivity index is 1.06. The molecule has 1 spiro atoms. The van der Waals surface area contributed by atoms with Gasteiger partial charge in [0.2, 0.25) is 0 Å². The summed E-state index contributed by atoms with van der Waals surface area (Å²) in [5, 5.41) is 24.2. The average Bonchev–Trinajstić information content (AvgIpc) is 4.03. The Morgan fingerprint density at radius 3 is 1.74 bits per heavy atom. The van der Waals surface area contributed by atoms with Gasteiger partial charge >= 0.3 is 0 Å². The standard InChI is InChI=1S/C61H33N7OS/c62-33-36-22-26-49-42(29-36)43-30-37(34-63)23-27-50(43)66(49)38-24-25-44-57(32-38)70-56-21-9-18-53(68-51-16-5-7-19-54(51)69-55-20-8-6-17-52(55)68)58(56)61(44)45-13-10-28-64-59(45)60-46(61)31-39(35-65-60)67-47-14-3-1-11-40(47)41-12-2-4-15-48(41)67/h1-32,35H. The van der Waals surface area contributed by atoms with Crippen molar-refractivity contribution in [2.24, 2.45) is 0 Å². The second kappa shape index (κ2) is 14.3. The number of benzene rings is 8. The Labute approximate surface area is 405 Å². The monoisotopic (exact) mass is 911 g/mol. The van der Waals surface area contributed by atoms with Crippen LogP contribution in [-0.4, -0.2) is 19.1 Å². The second-order valence-electron chi connectivity index (χ2n) is 17.9. The van der Waals surface area contributed by atoms with E-state index in [-0.39, 0.29) is 0 Å². The van der Waals surface area contributed by atoms with Gasteiger partial charge in [-0.15, -0.1) is 0 Å². The molecule has 0 N–H and O–H groups in total. The van der Waals surface area contributed by atoms with Crippen molar-refractivity contribution < 1.29 is 4.74 Å². The highest BCUT2D eigenvalue weighted by Crippen LogP contribution is 2.65. The molecule has 0 bridgehead atoms. The largest absolute Gasteiger partial charge is 0.453 e. The zero-order chi connectivity index (χ0) is 46.2. The van der Waals surface area contributed by atoms with Gasteiger partial charge in [-0.3, -0.25) is 9.97 Å². The first-order chi connectivity index (χ1) is 34.6. The van der Waals surface area contributed by atoms with Crippen LogP contribution in [0.3, 0.4) is 0 Å². The van der Waals surface area contributed by atoms with Gasteiger partial charge in [0.15, 0.2) is 11.5 Å². The molecule has 9 heteroatoms. The number of ether oxygens (including phenoxy) is 1. The van der Waals surface area contributed by atoms with E-state index in [0.717, 1.165) is 116 Å². The number of rotatable bonds is 3. The Bertz CT molecular complexity index is 4210. The zero-order valence-electron chi connectivity index (χ0n) is 37.0. The molecule has 1 unspecified atom stereocenters. The molecule has 3 aliphatic rings. The fraction of sp³-hybridized carbons (Fsp3) is 0.0164. The number of nitrogens with zero attached hydrogens (tertiary/aromatic N) is 7. The summed E-state index contributed by atoms with van der Waals surface area (Å²) >= 11 is 1.77. The number of nitriles is 2. The van der Waals surface area contributed by atoms with Crippen LogP contribution in [0.2, 0.25) is 0 Å². The molecule has 8 nitrogen and oxygen atoms in total. The minimum Gasteiger partial charge on any atom is -0.453 e. The van der Waals surface area contributed by atoms with E-state index < -0.39 is 5.41 Å². The van der Waals surface area contributed by atoms with Gasteiger partial charge in [-0.25, -0.2) is 0 Å². The Kier molecular flexibility index (Phi) is 7.90. The SMILES string of the molecule is N#Cc1ccc2c(c1)c1cc(C#N)ccc1n2-c1ccc2c(c1)Sc1cccc(N3c4ccccc4Oc4ccccc43)c1C21c2cccnc2-c2ncc(-n3c4ccccc4c4ccccc43)cc21. The smallest absolute Gasteiger partial charge is 0.151 e. The van der Waals surface area contributed by atoms with Gasteiger partial charge in [-0.2, -0.15) is 10.5 Å². The van der Waals surface area contributed by atoms with Crippen LogP contribution < -0.4 is 9.64 Å². The molecule has 4 aromatic heterocycles. The molecule has 324 valence electrons. The van der Waals surface area contributed by atoms with Crippen LogP contribution in [0.4, 0.5) is 17.1 Å². The number of fused-ring (bicyclic) bond motifs is 17. The maximum absolute atomic E-state index is 9.98. The quantitative estimate of drug-likeness (QED) is 0.174. The highest BCUT2D eigenvalue weighted by atomic mass is 32.2. The van der Waals surface area contributed by atoms with Crippen LogP contribution in [0.15, 0.2) is 210 Å². The molecule has 1 aliphatic carbocycles. The third kappa shape index (κ3) is 5.08. The first-order valence-electron chi connectivity index (χ1n) is 23.1. The Morgan fingerprint density at radius 1 is 0.457 bits per heavy atom. The lowest BCUT2D eigenvalue weighted by Gasteiger charge is -2.43. The van der Waals surface area contributed by atoms with Crippen LogP contribution >= 0.6 is 11.8 Å². The van der Waals surface area contributed by atoms with Gasteiger partial charge in [0.05, 0.1) is 91.1 Å². The normalized spacial score (nSPS) is 14.9. The van der Waals surface area contributed by atoms with E-state index >= 15 is 0 Å². The van der Waals surface area contributed by atoms with Crippen LogP contribution in [0.5, 0.6) is 11.5 Å². The van der Waals surface area contributed by atoms with E-state index in [9.17, 15) is 10.5 Å². The predicted octanol–water partition coefficient (Wildman–Crippen LogP) is 14.8. The topological polar surface area (TPSA) is 95.7 Å². The minimum absolute atomic E-state index is 0.566. The summed E-state index contributed by atoms with van der Waals surface area (Å²) in [6.45, 7) is 0. The van der Waals surface area contributed by atoms with E-state index in [1.54, 1.807) is 11.8 Å². The van der Waals surface area contributed by atoms with Crippen LogP contribution in [-0.2, 0) is 5.41 Å². The Hall–Kier alpha value is -9.41. The summed E-state index contributed by atoms with van der Waals surface area (Å²) in [5.74, 6) is 1.56. The molecule has 1 atom stereocenters. The molecule has 0 saturated carbocycles. The van der Waals surface area contributed by atoms with Crippen LogP contribution in [0.1, 0.15) is 33.4 Å². The lowest BCUT2D eigenvalue weighted by molar-refractivity contribution is 0.476. The maximum Gasteiger partial charge on any atom is 0.151 e. The lowest BCUT2D eigenvalue weighted by atomic mass is 9.67. The van der Waals surface area contributed by atoms with Crippen molar-refractivity contribution in [1.29, 1.82) is 10.5 Å². The van der Waals surface area contributed by atoms with Gasteiger partial charge in [-0.1, -0.05) is 90.6 Å². The van der Waals surface area contributed by atoms with Crippen molar-refractivity contribution >= 4 is 72.4 Å². The molecular formula is C61H33N7OS. The van der Waals surface area contributed by atoms with E-state index in [1.165, 1.54) is 10.8 Å². The fourth-order valence-electron chi connectivity index (χ4n) is 11.7. The highest BCUT2D eigenvalue weighted by molar-refractivity contribution is 7.99. The molecule has 12 aromatic rings. The molecule has 6 heterocycles. The number of hydrogen-bond donors (Lipinski definition) is 0. The number of pyridine rings is 2. The number of aromatic nitrogens is 4. The predicted molar refractivity (Wildman–Crippen MR) is 276 cm³/mol. The molecular weight excluding hydrogens is 879 g/mol. The molecule has 15 rings (SSSR count). The molecule has 2 aliphatic heterocycles. The van der Waals surface area contributed by atoms with Crippen molar-refractivity contribution in [2.45, 2.75) is 15.2 Å². The van der Waals surface area contributed by atoms with E-state index in [4.69, 9.17) is 14.7 Å². The van der Waals surface area contributed by atoms with Crippen molar-refractivity contribution in [3.05, 3.63) is 234 Å². The van der Waals surface area contributed by atoms with Gasteiger partial charge < -0.3 is 18.8 Å². The molecule has 0 fully saturated rings. The van der Waals surface area contributed by atoms with Crippen LogP contribution in [0, 0.1) is 22.7 Å². The average molecular weight is 912 g/mol. The molecule has 0 amide bonds. The minimum atomic E-state index is -0.919. The highest BCUT2D eigenvalue weighted by Gasteiger charge is 2.54. The zero-order valence-corrected chi connectivity index (χ0v) is 37.8. The van der Waals surface area contributed by atoms with Gasteiger partial charge in [0.1, 0.15) is 0 Å². The summed E-state index contributed by atoms with van der Waals surface area (Å²) in [5.41, 5.74) is 15.2. The Morgan fingerprint density at radius 2 is 1.06 bits per heavy atom. The van der Waals surface area contributed by atoms with Crippen LogP contribution in [0.25, 0.3) is 66.4 Å². The van der Waals surface area contributed by atoms with Crippen molar-refractivity contribution in [1.82, 2.24) is 19.1 Å².